The van der Waals surface area contributed by atoms with E-state index >= 15 is 0 Å². The van der Waals surface area contributed by atoms with Crippen LogP contribution in [0.15, 0.2) is 18.2 Å². The highest BCUT2D eigenvalue weighted by molar-refractivity contribution is 5.76. The Morgan fingerprint density at radius 2 is 2.18 bits per heavy atom. The van der Waals surface area contributed by atoms with Crippen LogP contribution in [0.5, 0.6) is 11.5 Å². The summed E-state index contributed by atoms with van der Waals surface area (Å²) in [6.07, 6.45) is 0. The summed E-state index contributed by atoms with van der Waals surface area (Å²) >= 11 is 0. The summed E-state index contributed by atoms with van der Waals surface area (Å²) < 4.78 is 10.5. The summed E-state index contributed by atoms with van der Waals surface area (Å²) in [7, 11) is 1.51. The fourth-order valence-electron chi connectivity index (χ4n) is 1.56. The van der Waals surface area contributed by atoms with E-state index in [0.29, 0.717) is 23.7 Å². The van der Waals surface area contributed by atoms with Gasteiger partial charge in [-0.15, -0.1) is 0 Å². The van der Waals surface area contributed by atoms with Crippen molar-refractivity contribution in [1.29, 1.82) is 0 Å². The third kappa shape index (κ3) is 3.10. The minimum atomic E-state index is -0.946. The van der Waals surface area contributed by atoms with Crippen LogP contribution in [0.3, 0.4) is 0 Å². The Morgan fingerprint density at radius 1 is 1.47 bits per heavy atom. The summed E-state index contributed by atoms with van der Waals surface area (Å²) in [5.74, 6) is -0.553. The van der Waals surface area contributed by atoms with Crippen molar-refractivity contribution < 1.29 is 19.4 Å². The Morgan fingerprint density at radius 3 is 2.65 bits per heavy atom. The number of aliphatic carboxylic acids is 1. The zero-order valence-corrected chi connectivity index (χ0v) is 9.97. The molecule has 0 amide bonds. The molecule has 0 saturated heterocycles. The highest BCUT2D eigenvalue weighted by Gasteiger charge is 2.19. The lowest BCUT2D eigenvalue weighted by Gasteiger charge is -2.14. The number of methoxy groups -OCH3 is 1. The van der Waals surface area contributed by atoms with Crippen molar-refractivity contribution in [2.24, 2.45) is 5.73 Å². The molecule has 0 aliphatic carbocycles. The molecule has 17 heavy (non-hydrogen) atoms. The van der Waals surface area contributed by atoms with Gasteiger partial charge in [-0.3, -0.25) is 4.79 Å². The van der Waals surface area contributed by atoms with Crippen LogP contribution >= 0.6 is 0 Å². The molecule has 0 spiro atoms. The Bertz CT molecular complexity index is 392. The third-order valence-electron chi connectivity index (χ3n) is 2.42. The maximum atomic E-state index is 11.0. The van der Waals surface area contributed by atoms with E-state index in [-0.39, 0.29) is 6.54 Å². The third-order valence-corrected chi connectivity index (χ3v) is 2.42. The molecule has 0 fully saturated rings. The van der Waals surface area contributed by atoms with Crippen LogP contribution in [-0.4, -0.2) is 31.3 Å². The highest BCUT2D eigenvalue weighted by atomic mass is 16.5. The van der Waals surface area contributed by atoms with Crippen LogP contribution in [0.4, 0.5) is 0 Å². The maximum absolute atomic E-state index is 11.0. The van der Waals surface area contributed by atoms with Gasteiger partial charge in [0.15, 0.2) is 11.5 Å². The van der Waals surface area contributed by atoms with Gasteiger partial charge in [-0.2, -0.15) is 0 Å². The van der Waals surface area contributed by atoms with E-state index in [9.17, 15) is 4.79 Å². The number of hydrogen-bond acceptors (Lipinski definition) is 4. The Balaban J connectivity index is 3.07. The van der Waals surface area contributed by atoms with Gasteiger partial charge in [-0.25, -0.2) is 0 Å². The van der Waals surface area contributed by atoms with Crippen molar-refractivity contribution in [3.63, 3.8) is 0 Å². The lowest BCUT2D eigenvalue weighted by atomic mass is 9.99. The van der Waals surface area contributed by atoms with Crippen LogP contribution in [-0.2, 0) is 4.79 Å². The number of ether oxygens (including phenoxy) is 2. The summed E-state index contributed by atoms with van der Waals surface area (Å²) in [6, 6.07) is 5.04. The van der Waals surface area contributed by atoms with Crippen molar-refractivity contribution >= 4 is 5.97 Å². The molecule has 0 aliphatic rings. The van der Waals surface area contributed by atoms with Crippen molar-refractivity contribution in [3.05, 3.63) is 23.8 Å². The lowest BCUT2D eigenvalue weighted by molar-refractivity contribution is -0.138. The first-order chi connectivity index (χ1) is 8.13. The second-order valence-electron chi connectivity index (χ2n) is 3.47. The fourth-order valence-corrected chi connectivity index (χ4v) is 1.56. The van der Waals surface area contributed by atoms with E-state index in [1.54, 1.807) is 18.2 Å². The van der Waals surface area contributed by atoms with Crippen LogP contribution in [0.2, 0.25) is 0 Å². The molecule has 0 aliphatic heterocycles. The number of nitrogens with two attached hydrogens (primary N) is 1. The van der Waals surface area contributed by atoms with Crippen LogP contribution in [0, 0.1) is 0 Å². The molecule has 5 heteroatoms. The molecule has 1 aromatic rings. The number of rotatable bonds is 6. The van der Waals surface area contributed by atoms with E-state index in [1.165, 1.54) is 7.11 Å². The van der Waals surface area contributed by atoms with Crippen molar-refractivity contribution in [1.82, 2.24) is 0 Å². The predicted molar refractivity (Wildman–Crippen MR) is 63.6 cm³/mol. The van der Waals surface area contributed by atoms with E-state index in [0.717, 1.165) is 0 Å². The van der Waals surface area contributed by atoms with Gasteiger partial charge in [0.25, 0.3) is 0 Å². The summed E-state index contributed by atoms with van der Waals surface area (Å²) in [4.78, 5) is 11.0. The molecule has 1 atom stereocenters. The minimum Gasteiger partial charge on any atom is -0.493 e. The van der Waals surface area contributed by atoms with E-state index in [4.69, 9.17) is 20.3 Å². The van der Waals surface area contributed by atoms with Gasteiger partial charge in [-0.1, -0.05) is 6.07 Å². The molecule has 3 N–H and O–H groups in total. The number of carboxylic acids is 1. The molecule has 0 radical (unpaired) electrons. The number of benzene rings is 1. The maximum Gasteiger partial charge on any atom is 0.312 e. The lowest BCUT2D eigenvalue weighted by Crippen LogP contribution is -2.21. The van der Waals surface area contributed by atoms with Crippen molar-refractivity contribution in [2.75, 3.05) is 20.3 Å². The standard InChI is InChI=1S/C12H17NO4/c1-3-17-10-5-4-8(6-11(10)16-2)9(7-13)12(14)15/h4-6,9H,3,7,13H2,1-2H3,(H,14,15). The first-order valence-corrected chi connectivity index (χ1v) is 5.37. The zero-order chi connectivity index (χ0) is 12.8. The van der Waals surface area contributed by atoms with Gasteiger partial charge in [-0.05, 0) is 24.6 Å². The quantitative estimate of drug-likeness (QED) is 0.780. The molecule has 5 nitrogen and oxygen atoms in total. The number of carbonyl (C=O) groups is 1. The van der Waals surface area contributed by atoms with Gasteiger partial charge in [0, 0.05) is 6.54 Å². The smallest absolute Gasteiger partial charge is 0.312 e. The average Bonchev–Trinajstić information content (AvgIpc) is 2.31. The molecule has 0 heterocycles. The van der Waals surface area contributed by atoms with Crippen LogP contribution < -0.4 is 15.2 Å². The van der Waals surface area contributed by atoms with Crippen LogP contribution in [0.1, 0.15) is 18.4 Å². The molecule has 0 saturated carbocycles. The van der Waals surface area contributed by atoms with Gasteiger partial charge < -0.3 is 20.3 Å². The second kappa shape index (κ2) is 6.10. The van der Waals surface area contributed by atoms with E-state index < -0.39 is 11.9 Å². The highest BCUT2D eigenvalue weighted by Crippen LogP contribution is 2.30. The molecule has 1 aromatic carbocycles. The minimum absolute atomic E-state index is 0.0481. The van der Waals surface area contributed by atoms with Gasteiger partial charge in [0.05, 0.1) is 19.6 Å². The SMILES string of the molecule is CCOc1ccc(C(CN)C(=O)O)cc1OC. The van der Waals surface area contributed by atoms with Crippen molar-refractivity contribution in [3.8, 4) is 11.5 Å². The zero-order valence-electron chi connectivity index (χ0n) is 9.97. The number of hydrogen-bond donors (Lipinski definition) is 2. The van der Waals surface area contributed by atoms with Gasteiger partial charge in [0.1, 0.15) is 0 Å². The Hall–Kier alpha value is -1.75. The molecule has 0 aromatic heterocycles. The van der Waals surface area contributed by atoms with E-state index in [2.05, 4.69) is 0 Å². The Labute approximate surface area is 100 Å². The molecule has 1 rings (SSSR count). The summed E-state index contributed by atoms with van der Waals surface area (Å²) in [5.41, 5.74) is 6.05. The average molecular weight is 239 g/mol. The summed E-state index contributed by atoms with van der Waals surface area (Å²) in [6.45, 7) is 2.44. The molecule has 1 unspecified atom stereocenters. The van der Waals surface area contributed by atoms with Gasteiger partial charge in [0.2, 0.25) is 0 Å². The largest absolute Gasteiger partial charge is 0.493 e. The normalized spacial score (nSPS) is 11.9. The molecule has 94 valence electrons. The topological polar surface area (TPSA) is 81.8 Å². The fraction of sp³-hybridized carbons (Fsp3) is 0.417. The molecular weight excluding hydrogens is 222 g/mol. The van der Waals surface area contributed by atoms with E-state index in [1.807, 2.05) is 6.92 Å². The first-order valence-electron chi connectivity index (χ1n) is 5.37. The second-order valence-corrected chi connectivity index (χ2v) is 3.47. The first kappa shape index (κ1) is 13.3. The Kier molecular flexibility index (Phi) is 4.78. The van der Waals surface area contributed by atoms with Gasteiger partial charge >= 0.3 is 5.97 Å². The summed E-state index contributed by atoms with van der Waals surface area (Å²) in [5, 5.41) is 9.01. The number of carboxylic acid groups (broad SMARTS) is 1. The molecular formula is C12H17NO4. The van der Waals surface area contributed by atoms with Crippen molar-refractivity contribution in [2.45, 2.75) is 12.8 Å². The monoisotopic (exact) mass is 239 g/mol. The predicted octanol–water partition coefficient (Wildman–Crippen LogP) is 1.22. The van der Waals surface area contributed by atoms with Crippen LogP contribution in [0.25, 0.3) is 0 Å². The molecule has 0 bridgehead atoms.